The molecule has 0 amide bonds. The molecule has 20 heavy (non-hydrogen) atoms. The predicted octanol–water partition coefficient (Wildman–Crippen LogP) is 2.10. The van der Waals surface area contributed by atoms with E-state index in [1.807, 2.05) is 29.8 Å². The summed E-state index contributed by atoms with van der Waals surface area (Å²) < 4.78 is 1.99. The average Bonchev–Trinajstić information content (AvgIpc) is 3.20. The van der Waals surface area contributed by atoms with E-state index in [1.54, 1.807) is 0 Å². The third kappa shape index (κ3) is 2.37. The lowest BCUT2D eigenvalue weighted by Crippen LogP contribution is -2.34. The van der Waals surface area contributed by atoms with Crippen LogP contribution in [0, 0.1) is 13.8 Å². The van der Waals surface area contributed by atoms with Gasteiger partial charge in [0.2, 0.25) is 0 Å². The Balaban J connectivity index is 1.84. The lowest BCUT2D eigenvalue weighted by atomic mass is 10.1. The first-order valence-corrected chi connectivity index (χ1v) is 7.12. The molecule has 1 saturated carbocycles. The maximum absolute atomic E-state index is 9.37. The lowest BCUT2D eigenvalue weighted by Gasteiger charge is -2.14. The summed E-state index contributed by atoms with van der Waals surface area (Å²) in [6.45, 7) is 5.13. The van der Waals surface area contributed by atoms with E-state index >= 15 is 0 Å². The van der Waals surface area contributed by atoms with Gasteiger partial charge in [-0.1, -0.05) is 18.2 Å². The van der Waals surface area contributed by atoms with Crippen LogP contribution < -0.4 is 5.32 Å². The van der Waals surface area contributed by atoms with Crippen molar-refractivity contribution in [2.45, 2.75) is 38.8 Å². The number of nitrogens with zero attached hydrogens (tertiary/aromatic N) is 2. The van der Waals surface area contributed by atoms with Gasteiger partial charge < -0.3 is 10.4 Å². The molecule has 2 aromatic rings. The van der Waals surface area contributed by atoms with Gasteiger partial charge in [0.15, 0.2) is 0 Å². The van der Waals surface area contributed by atoms with Gasteiger partial charge >= 0.3 is 0 Å². The Kier molecular flexibility index (Phi) is 3.36. The molecule has 3 rings (SSSR count). The van der Waals surface area contributed by atoms with Gasteiger partial charge in [-0.2, -0.15) is 5.10 Å². The fourth-order valence-corrected chi connectivity index (χ4v) is 2.57. The van der Waals surface area contributed by atoms with Gasteiger partial charge in [-0.25, -0.2) is 4.68 Å². The zero-order chi connectivity index (χ0) is 14.2. The van der Waals surface area contributed by atoms with Crippen LogP contribution in [0.3, 0.4) is 0 Å². The highest BCUT2D eigenvalue weighted by atomic mass is 16.3. The Morgan fingerprint density at radius 1 is 1.25 bits per heavy atom. The molecule has 0 saturated heterocycles. The summed E-state index contributed by atoms with van der Waals surface area (Å²) in [6.07, 6.45) is 2.13. The largest absolute Gasteiger partial charge is 0.394 e. The first kappa shape index (κ1) is 13.3. The normalized spacial score (nSPS) is 16.4. The maximum Gasteiger partial charge on any atom is 0.0648 e. The molecule has 0 atom stereocenters. The average molecular weight is 271 g/mol. The van der Waals surface area contributed by atoms with Crippen LogP contribution in [0.4, 0.5) is 0 Å². The molecular formula is C16H21N3O. The molecule has 0 radical (unpaired) electrons. The molecule has 0 aliphatic heterocycles. The molecular weight excluding hydrogens is 250 g/mol. The molecule has 1 heterocycles. The Morgan fingerprint density at radius 3 is 2.55 bits per heavy atom. The van der Waals surface area contributed by atoms with Gasteiger partial charge in [0.05, 0.1) is 18.0 Å². The summed E-state index contributed by atoms with van der Waals surface area (Å²) in [6, 6.07) is 10.2. The van der Waals surface area contributed by atoms with E-state index in [0.717, 1.165) is 36.5 Å². The number of aliphatic hydroxyl groups excluding tert-OH is 1. The van der Waals surface area contributed by atoms with Gasteiger partial charge in [-0.05, 0) is 38.8 Å². The van der Waals surface area contributed by atoms with Crippen LogP contribution in [-0.2, 0) is 6.54 Å². The minimum absolute atomic E-state index is 0.0340. The van der Waals surface area contributed by atoms with Crippen LogP contribution in [0.5, 0.6) is 0 Å². The molecule has 0 bridgehead atoms. The summed E-state index contributed by atoms with van der Waals surface area (Å²) in [5, 5.41) is 17.5. The number of aliphatic hydroxyl groups is 1. The monoisotopic (exact) mass is 271 g/mol. The quantitative estimate of drug-likeness (QED) is 0.875. The number of para-hydroxylation sites is 1. The van der Waals surface area contributed by atoms with Crippen molar-refractivity contribution < 1.29 is 5.11 Å². The first-order valence-electron chi connectivity index (χ1n) is 7.12. The van der Waals surface area contributed by atoms with Crippen molar-refractivity contribution >= 4 is 0 Å². The molecule has 4 heteroatoms. The highest BCUT2D eigenvalue weighted by Gasteiger charge is 2.41. The predicted molar refractivity (Wildman–Crippen MR) is 78.9 cm³/mol. The SMILES string of the molecule is Cc1nn(-c2ccccc2)c(C)c1CNC1(CO)CC1. The van der Waals surface area contributed by atoms with Crippen molar-refractivity contribution in [2.75, 3.05) is 6.61 Å². The minimum atomic E-state index is -0.0340. The number of rotatable bonds is 5. The topological polar surface area (TPSA) is 50.1 Å². The van der Waals surface area contributed by atoms with Crippen LogP contribution in [0.15, 0.2) is 30.3 Å². The van der Waals surface area contributed by atoms with Crippen LogP contribution in [0.2, 0.25) is 0 Å². The van der Waals surface area contributed by atoms with Crippen LogP contribution in [-0.4, -0.2) is 27.0 Å². The van der Waals surface area contributed by atoms with E-state index in [-0.39, 0.29) is 12.1 Å². The van der Waals surface area contributed by atoms with Crippen molar-refractivity contribution in [3.05, 3.63) is 47.3 Å². The standard InChI is InChI=1S/C16H21N3O/c1-12-15(10-17-16(11-20)8-9-16)13(2)19(18-12)14-6-4-3-5-7-14/h3-7,17,20H,8-11H2,1-2H3. The Bertz CT molecular complexity index is 600. The summed E-state index contributed by atoms with van der Waals surface area (Å²) >= 11 is 0. The number of aromatic nitrogens is 2. The van der Waals surface area contributed by atoms with E-state index in [4.69, 9.17) is 0 Å². The molecule has 1 aliphatic carbocycles. The van der Waals surface area contributed by atoms with E-state index < -0.39 is 0 Å². The smallest absolute Gasteiger partial charge is 0.0648 e. The van der Waals surface area contributed by atoms with Gasteiger partial charge in [0, 0.05) is 23.3 Å². The zero-order valence-corrected chi connectivity index (χ0v) is 12.1. The molecule has 106 valence electrons. The molecule has 0 unspecified atom stereocenters. The first-order chi connectivity index (χ1) is 9.65. The van der Waals surface area contributed by atoms with Gasteiger partial charge in [-0.3, -0.25) is 0 Å². The molecule has 0 spiro atoms. The number of hydrogen-bond acceptors (Lipinski definition) is 3. The van der Waals surface area contributed by atoms with Crippen molar-refractivity contribution in [1.29, 1.82) is 0 Å². The highest BCUT2D eigenvalue weighted by molar-refractivity contribution is 5.37. The fraction of sp³-hybridized carbons (Fsp3) is 0.438. The van der Waals surface area contributed by atoms with E-state index in [0.29, 0.717) is 0 Å². The Hall–Kier alpha value is -1.65. The highest BCUT2D eigenvalue weighted by Crippen LogP contribution is 2.35. The van der Waals surface area contributed by atoms with Crippen molar-refractivity contribution in [3.63, 3.8) is 0 Å². The van der Waals surface area contributed by atoms with Crippen LogP contribution in [0.1, 0.15) is 29.8 Å². The second-order valence-electron chi connectivity index (χ2n) is 5.69. The van der Waals surface area contributed by atoms with Crippen LogP contribution in [0.25, 0.3) is 5.69 Å². The van der Waals surface area contributed by atoms with Crippen molar-refractivity contribution in [2.24, 2.45) is 0 Å². The number of hydrogen-bond donors (Lipinski definition) is 2. The summed E-state index contributed by atoms with van der Waals surface area (Å²) in [4.78, 5) is 0. The summed E-state index contributed by atoms with van der Waals surface area (Å²) in [5.41, 5.74) is 4.49. The molecule has 1 fully saturated rings. The van der Waals surface area contributed by atoms with Gasteiger partial charge in [0.1, 0.15) is 0 Å². The third-order valence-electron chi connectivity index (χ3n) is 4.24. The van der Waals surface area contributed by atoms with Crippen LogP contribution >= 0.6 is 0 Å². The third-order valence-corrected chi connectivity index (χ3v) is 4.24. The number of nitrogens with one attached hydrogen (secondary N) is 1. The maximum atomic E-state index is 9.37. The lowest BCUT2D eigenvalue weighted by molar-refractivity contribution is 0.229. The summed E-state index contributed by atoms with van der Waals surface area (Å²) in [7, 11) is 0. The molecule has 1 aliphatic rings. The van der Waals surface area contributed by atoms with E-state index in [9.17, 15) is 5.11 Å². The molecule has 1 aromatic heterocycles. The van der Waals surface area contributed by atoms with E-state index in [2.05, 4.69) is 29.5 Å². The molecule has 4 nitrogen and oxygen atoms in total. The second kappa shape index (κ2) is 5.04. The Morgan fingerprint density at radius 2 is 1.95 bits per heavy atom. The number of aryl methyl sites for hydroxylation is 1. The zero-order valence-electron chi connectivity index (χ0n) is 12.1. The molecule has 1 aromatic carbocycles. The van der Waals surface area contributed by atoms with Crippen molar-refractivity contribution in [1.82, 2.24) is 15.1 Å². The van der Waals surface area contributed by atoms with E-state index in [1.165, 1.54) is 5.56 Å². The van der Waals surface area contributed by atoms with Gasteiger partial charge in [0.25, 0.3) is 0 Å². The Labute approximate surface area is 119 Å². The molecule has 2 N–H and O–H groups in total. The van der Waals surface area contributed by atoms with Gasteiger partial charge in [-0.15, -0.1) is 0 Å². The summed E-state index contributed by atoms with van der Waals surface area (Å²) in [5.74, 6) is 0. The number of benzene rings is 1. The minimum Gasteiger partial charge on any atom is -0.394 e. The second-order valence-corrected chi connectivity index (χ2v) is 5.69. The fourth-order valence-electron chi connectivity index (χ4n) is 2.57. The van der Waals surface area contributed by atoms with Crippen molar-refractivity contribution in [3.8, 4) is 5.69 Å².